The molecule has 0 spiro atoms. The first kappa shape index (κ1) is 20.2. The smallest absolute Gasteiger partial charge is 0.223 e. The van der Waals surface area contributed by atoms with Crippen molar-refractivity contribution in [3.05, 3.63) is 78.5 Å². The number of carbonyl (C=O) groups excluding carboxylic acids is 1. The van der Waals surface area contributed by atoms with Crippen molar-refractivity contribution < 1.29 is 9.18 Å². The third-order valence-electron chi connectivity index (χ3n) is 6.04. The van der Waals surface area contributed by atoms with Crippen molar-refractivity contribution in [3.8, 4) is 11.3 Å². The number of carbonyl (C=O) groups is 1. The zero-order valence-corrected chi connectivity index (χ0v) is 17.7. The highest BCUT2D eigenvalue weighted by atomic mass is 19.1. The summed E-state index contributed by atoms with van der Waals surface area (Å²) >= 11 is 0. The minimum Gasteiger partial charge on any atom is -0.354 e. The molecule has 3 heterocycles. The van der Waals surface area contributed by atoms with Crippen LogP contribution in [0.25, 0.3) is 22.2 Å². The van der Waals surface area contributed by atoms with Crippen LogP contribution in [-0.2, 0) is 11.2 Å². The number of aryl methyl sites for hydroxylation is 1. The topological polar surface area (TPSA) is 65.1 Å². The van der Waals surface area contributed by atoms with Crippen LogP contribution < -0.4 is 4.90 Å². The lowest BCUT2D eigenvalue weighted by molar-refractivity contribution is -0.131. The van der Waals surface area contributed by atoms with Gasteiger partial charge in [-0.25, -0.2) is 9.37 Å². The van der Waals surface area contributed by atoms with Gasteiger partial charge in [-0.3, -0.25) is 9.78 Å². The monoisotopic (exact) mass is 429 g/mol. The molecule has 0 bridgehead atoms. The molecule has 0 radical (unpaired) electrons. The third kappa shape index (κ3) is 4.06. The first-order valence-corrected chi connectivity index (χ1v) is 10.8. The number of anilines is 1. The summed E-state index contributed by atoms with van der Waals surface area (Å²) in [6.07, 6.45) is 6.16. The van der Waals surface area contributed by atoms with Gasteiger partial charge in [-0.1, -0.05) is 18.2 Å². The van der Waals surface area contributed by atoms with Gasteiger partial charge < -0.3 is 14.8 Å². The van der Waals surface area contributed by atoms with Crippen LogP contribution >= 0.6 is 0 Å². The second-order valence-electron chi connectivity index (χ2n) is 7.96. The lowest BCUT2D eigenvalue weighted by atomic mass is 10.0. The molecule has 0 aliphatic carbocycles. The number of aromatic amines is 1. The number of piperazine rings is 1. The predicted molar refractivity (Wildman–Crippen MR) is 123 cm³/mol. The molecule has 1 saturated heterocycles. The molecule has 0 unspecified atom stereocenters. The summed E-state index contributed by atoms with van der Waals surface area (Å²) in [5.41, 5.74) is 3.99. The number of benzene rings is 2. The quantitative estimate of drug-likeness (QED) is 0.520. The van der Waals surface area contributed by atoms with Gasteiger partial charge in [0.15, 0.2) is 0 Å². The zero-order chi connectivity index (χ0) is 21.9. The van der Waals surface area contributed by atoms with Crippen LogP contribution in [-0.4, -0.2) is 51.9 Å². The van der Waals surface area contributed by atoms with E-state index in [4.69, 9.17) is 0 Å². The molecule has 0 atom stereocenters. The lowest BCUT2D eigenvalue weighted by Gasteiger charge is -2.35. The normalized spacial score (nSPS) is 14.2. The minimum absolute atomic E-state index is 0.152. The van der Waals surface area contributed by atoms with E-state index in [1.54, 1.807) is 30.7 Å². The van der Waals surface area contributed by atoms with Crippen LogP contribution in [0.3, 0.4) is 0 Å². The molecular formula is C25H24FN5O. The van der Waals surface area contributed by atoms with E-state index in [0.29, 0.717) is 25.9 Å². The summed E-state index contributed by atoms with van der Waals surface area (Å²) < 4.78 is 13.4. The zero-order valence-electron chi connectivity index (χ0n) is 17.7. The standard InChI is InChI=1S/C25H24FN5O/c26-19-7-5-18(6-8-19)25-21(20-3-1-2-4-22(20)29-25)9-10-24(32)31-15-13-30(14-16-31)23-17-27-11-12-28-23/h1-8,11-12,17,29H,9-10,13-16H2. The van der Waals surface area contributed by atoms with Gasteiger partial charge in [-0.15, -0.1) is 0 Å². The maximum atomic E-state index is 13.4. The Morgan fingerprint density at radius 1 is 1.00 bits per heavy atom. The maximum absolute atomic E-state index is 13.4. The highest BCUT2D eigenvalue weighted by Gasteiger charge is 2.23. The molecule has 1 aliphatic heterocycles. The van der Waals surface area contributed by atoms with E-state index < -0.39 is 0 Å². The first-order valence-electron chi connectivity index (χ1n) is 10.8. The van der Waals surface area contributed by atoms with E-state index in [-0.39, 0.29) is 11.7 Å². The van der Waals surface area contributed by atoms with Gasteiger partial charge in [0.2, 0.25) is 5.91 Å². The van der Waals surface area contributed by atoms with E-state index in [1.807, 2.05) is 23.1 Å². The summed E-state index contributed by atoms with van der Waals surface area (Å²) in [7, 11) is 0. The van der Waals surface area contributed by atoms with Gasteiger partial charge in [-0.05, 0) is 47.9 Å². The van der Waals surface area contributed by atoms with E-state index in [1.165, 1.54) is 12.1 Å². The van der Waals surface area contributed by atoms with E-state index >= 15 is 0 Å². The molecule has 1 amide bonds. The molecule has 1 aliphatic rings. The Kier molecular flexibility index (Phi) is 5.54. The third-order valence-corrected chi connectivity index (χ3v) is 6.04. The Bertz CT molecular complexity index is 1210. The highest BCUT2D eigenvalue weighted by Crippen LogP contribution is 2.31. The number of fused-ring (bicyclic) bond motifs is 1. The number of H-pyrrole nitrogens is 1. The lowest BCUT2D eigenvalue weighted by Crippen LogP contribution is -2.49. The Hall–Kier alpha value is -3.74. The number of hydrogen-bond donors (Lipinski definition) is 1. The fraction of sp³-hybridized carbons (Fsp3) is 0.240. The fourth-order valence-corrected chi connectivity index (χ4v) is 4.35. The average Bonchev–Trinajstić information content (AvgIpc) is 3.22. The number of amides is 1. The Morgan fingerprint density at radius 2 is 1.78 bits per heavy atom. The summed E-state index contributed by atoms with van der Waals surface area (Å²) in [6, 6.07) is 14.6. The van der Waals surface area contributed by atoms with Crippen molar-refractivity contribution in [2.24, 2.45) is 0 Å². The Morgan fingerprint density at radius 3 is 2.53 bits per heavy atom. The van der Waals surface area contributed by atoms with Gasteiger partial charge in [0.25, 0.3) is 0 Å². The molecule has 6 nitrogen and oxygen atoms in total. The number of nitrogens with zero attached hydrogens (tertiary/aromatic N) is 4. The van der Waals surface area contributed by atoms with E-state index in [2.05, 4.69) is 25.9 Å². The molecule has 2 aromatic carbocycles. The molecular weight excluding hydrogens is 405 g/mol. The van der Waals surface area contributed by atoms with Crippen LogP contribution in [0.2, 0.25) is 0 Å². The van der Waals surface area contributed by atoms with Crippen molar-refractivity contribution in [3.63, 3.8) is 0 Å². The van der Waals surface area contributed by atoms with Gasteiger partial charge in [0.1, 0.15) is 11.6 Å². The van der Waals surface area contributed by atoms with Crippen LogP contribution in [0.4, 0.5) is 10.2 Å². The van der Waals surface area contributed by atoms with E-state index in [0.717, 1.165) is 46.6 Å². The second kappa shape index (κ2) is 8.78. The number of rotatable bonds is 5. The van der Waals surface area contributed by atoms with Crippen LogP contribution in [0.5, 0.6) is 0 Å². The number of para-hydroxylation sites is 1. The molecule has 7 heteroatoms. The number of hydrogen-bond acceptors (Lipinski definition) is 4. The van der Waals surface area contributed by atoms with Crippen LogP contribution in [0.15, 0.2) is 67.1 Å². The average molecular weight is 429 g/mol. The Labute approximate surface area is 185 Å². The van der Waals surface area contributed by atoms with Gasteiger partial charge >= 0.3 is 0 Å². The predicted octanol–water partition coefficient (Wildman–Crippen LogP) is 4.05. The van der Waals surface area contributed by atoms with Crippen molar-refractivity contribution in [1.29, 1.82) is 0 Å². The summed E-state index contributed by atoms with van der Waals surface area (Å²) in [6.45, 7) is 2.85. The van der Waals surface area contributed by atoms with Crippen molar-refractivity contribution >= 4 is 22.6 Å². The van der Waals surface area contributed by atoms with Gasteiger partial charge in [-0.2, -0.15) is 0 Å². The summed E-state index contributed by atoms with van der Waals surface area (Å²) in [5, 5.41) is 1.10. The van der Waals surface area contributed by atoms with Gasteiger partial charge in [0.05, 0.1) is 6.20 Å². The molecule has 1 fully saturated rings. The van der Waals surface area contributed by atoms with Crippen LogP contribution in [0.1, 0.15) is 12.0 Å². The minimum atomic E-state index is -0.262. The first-order chi connectivity index (χ1) is 15.7. The van der Waals surface area contributed by atoms with Crippen molar-refractivity contribution in [2.45, 2.75) is 12.8 Å². The largest absolute Gasteiger partial charge is 0.354 e. The Balaban J connectivity index is 1.29. The molecule has 0 saturated carbocycles. The molecule has 1 N–H and O–H groups in total. The number of aromatic nitrogens is 3. The molecule has 32 heavy (non-hydrogen) atoms. The number of nitrogens with one attached hydrogen (secondary N) is 1. The van der Waals surface area contributed by atoms with Crippen LogP contribution in [0, 0.1) is 5.82 Å². The SMILES string of the molecule is O=C(CCc1c(-c2ccc(F)cc2)[nH]c2ccccc12)N1CCN(c2cnccn2)CC1. The van der Waals surface area contributed by atoms with E-state index in [9.17, 15) is 9.18 Å². The fourth-order valence-electron chi connectivity index (χ4n) is 4.35. The van der Waals surface area contributed by atoms with Crippen molar-refractivity contribution in [2.75, 3.05) is 31.1 Å². The highest BCUT2D eigenvalue weighted by molar-refractivity contribution is 5.91. The maximum Gasteiger partial charge on any atom is 0.223 e. The second-order valence-corrected chi connectivity index (χ2v) is 7.96. The van der Waals surface area contributed by atoms with Crippen molar-refractivity contribution in [1.82, 2.24) is 19.9 Å². The molecule has 162 valence electrons. The van der Waals surface area contributed by atoms with Gasteiger partial charge in [0, 0.05) is 61.6 Å². The summed E-state index contributed by atoms with van der Waals surface area (Å²) in [5.74, 6) is 0.740. The molecule has 2 aromatic heterocycles. The number of halogens is 1. The molecule has 4 aromatic rings. The molecule has 5 rings (SSSR count). The summed E-state index contributed by atoms with van der Waals surface area (Å²) in [4.78, 5) is 29.0.